The van der Waals surface area contributed by atoms with Crippen molar-refractivity contribution in [2.75, 3.05) is 11.9 Å². The first kappa shape index (κ1) is 22.6. The molecule has 0 fully saturated rings. The molecule has 3 aromatic carbocycles. The van der Waals surface area contributed by atoms with Gasteiger partial charge in [-0.1, -0.05) is 48.0 Å². The molecule has 0 spiro atoms. The van der Waals surface area contributed by atoms with Gasteiger partial charge < -0.3 is 10.1 Å². The van der Waals surface area contributed by atoms with Gasteiger partial charge >= 0.3 is 5.97 Å². The SMILES string of the molecule is Cc1ccc(-c2cc(C(=O)OCC(=O)Nc3cccc([N+](=O)[O-])c3)c3ccccc3n2)c(C)c1. The lowest BCUT2D eigenvalue weighted by molar-refractivity contribution is -0.384. The number of aromatic nitrogens is 1. The number of nitro benzene ring substituents is 1. The fourth-order valence-corrected chi connectivity index (χ4v) is 3.69. The molecule has 0 saturated carbocycles. The van der Waals surface area contributed by atoms with Gasteiger partial charge in [0.05, 0.1) is 21.7 Å². The van der Waals surface area contributed by atoms with Crippen molar-refractivity contribution in [2.24, 2.45) is 0 Å². The highest BCUT2D eigenvalue weighted by atomic mass is 16.6. The van der Waals surface area contributed by atoms with Crippen LogP contribution in [0.4, 0.5) is 11.4 Å². The number of amides is 1. The van der Waals surface area contributed by atoms with E-state index in [4.69, 9.17) is 9.72 Å². The molecule has 1 N–H and O–H groups in total. The Balaban J connectivity index is 1.56. The number of rotatable bonds is 6. The van der Waals surface area contributed by atoms with Crippen LogP contribution in [-0.4, -0.2) is 28.4 Å². The smallest absolute Gasteiger partial charge is 0.339 e. The summed E-state index contributed by atoms with van der Waals surface area (Å²) in [7, 11) is 0. The molecule has 0 aliphatic rings. The molecule has 1 aromatic heterocycles. The molecule has 4 rings (SSSR count). The van der Waals surface area contributed by atoms with Gasteiger partial charge in [-0.15, -0.1) is 0 Å². The van der Waals surface area contributed by atoms with Gasteiger partial charge in [0.2, 0.25) is 0 Å². The Labute approximate surface area is 195 Å². The topological polar surface area (TPSA) is 111 Å². The Morgan fingerprint density at radius 3 is 2.56 bits per heavy atom. The Morgan fingerprint density at radius 1 is 1.00 bits per heavy atom. The molecule has 0 bridgehead atoms. The summed E-state index contributed by atoms with van der Waals surface area (Å²) >= 11 is 0. The van der Waals surface area contributed by atoms with E-state index in [-0.39, 0.29) is 11.4 Å². The number of non-ortho nitro benzene ring substituents is 1. The van der Waals surface area contributed by atoms with E-state index in [1.54, 1.807) is 18.2 Å². The zero-order valence-electron chi connectivity index (χ0n) is 18.6. The molecular weight excluding hydrogens is 434 g/mol. The number of nitrogens with zero attached hydrogens (tertiary/aromatic N) is 2. The van der Waals surface area contributed by atoms with E-state index >= 15 is 0 Å². The first-order valence-electron chi connectivity index (χ1n) is 10.5. The van der Waals surface area contributed by atoms with Crippen LogP contribution < -0.4 is 5.32 Å². The largest absolute Gasteiger partial charge is 0.452 e. The molecule has 0 radical (unpaired) electrons. The van der Waals surface area contributed by atoms with Crippen molar-refractivity contribution in [3.8, 4) is 11.3 Å². The van der Waals surface area contributed by atoms with Crippen molar-refractivity contribution in [2.45, 2.75) is 13.8 Å². The second kappa shape index (κ2) is 9.50. The van der Waals surface area contributed by atoms with E-state index in [0.29, 0.717) is 22.2 Å². The third kappa shape index (κ3) is 4.91. The normalized spacial score (nSPS) is 10.6. The number of hydrogen-bond acceptors (Lipinski definition) is 6. The molecule has 0 aliphatic carbocycles. The van der Waals surface area contributed by atoms with E-state index in [9.17, 15) is 19.7 Å². The van der Waals surface area contributed by atoms with Gasteiger partial charge in [-0.05, 0) is 37.6 Å². The van der Waals surface area contributed by atoms with Crippen molar-refractivity contribution < 1.29 is 19.2 Å². The highest BCUT2D eigenvalue weighted by Crippen LogP contribution is 2.28. The number of carbonyl (C=O) groups excluding carboxylic acids is 2. The van der Waals surface area contributed by atoms with Crippen molar-refractivity contribution in [3.63, 3.8) is 0 Å². The summed E-state index contributed by atoms with van der Waals surface area (Å²) < 4.78 is 5.28. The predicted octanol–water partition coefficient (Wildman–Crippen LogP) is 5.22. The van der Waals surface area contributed by atoms with Crippen LogP contribution in [-0.2, 0) is 9.53 Å². The lowest BCUT2D eigenvalue weighted by Gasteiger charge is -2.12. The summed E-state index contributed by atoms with van der Waals surface area (Å²) in [5.74, 6) is -1.28. The molecule has 34 heavy (non-hydrogen) atoms. The highest BCUT2D eigenvalue weighted by Gasteiger charge is 2.18. The standard InChI is InChI=1S/C26H21N3O5/c1-16-10-11-20(17(2)12-16)24-14-22(21-8-3-4-9-23(21)28-24)26(31)34-15-25(30)27-18-6-5-7-19(13-18)29(32)33/h3-14H,15H2,1-2H3,(H,27,30). The zero-order chi connectivity index (χ0) is 24.2. The van der Waals surface area contributed by atoms with E-state index in [0.717, 1.165) is 16.7 Å². The van der Waals surface area contributed by atoms with Crippen molar-refractivity contribution in [1.82, 2.24) is 4.98 Å². The van der Waals surface area contributed by atoms with Gasteiger partial charge in [-0.3, -0.25) is 14.9 Å². The molecule has 0 aliphatic heterocycles. The number of ether oxygens (including phenoxy) is 1. The molecule has 8 nitrogen and oxygen atoms in total. The van der Waals surface area contributed by atoms with Gasteiger partial charge in [-0.25, -0.2) is 9.78 Å². The Kier molecular flexibility index (Phi) is 6.31. The zero-order valence-corrected chi connectivity index (χ0v) is 18.6. The number of pyridine rings is 1. The number of carbonyl (C=O) groups is 2. The summed E-state index contributed by atoms with van der Waals surface area (Å²) in [6.07, 6.45) is 0. The molecule has 1 amide bonds. The number of para-hydroxylation sites is 1. The number of aryl methyl sites for hydroxylation is 2. The third-order valence-electron chi connectivity index (χ3n) is 5.27. The van der Waals surface area contributed by atoms with E-state index < -0.39 is 23.4 Å². The van der Waals surface area contributed by atoms with E-state index in [2.05, 4.69) is 5.32 Å². The molecule has 0 atom stereocenters. The average molecular weight is 455 g/mol. The van der Waals surface area contributed by atoms with Crippen molar-refractivity contribution >= 4 is 34.2 Å². The molecule has 8 heteroatoms. The fraction of sp³-hybridized carbons (Fsp3) is 0.115. The minimum Gasteiger partial charge on any atom is -0.452 e. The minimum absolute atomic E-state index is 0.156. The Morgan fingerprint density at radius 2 is 1.79 bits per heavy atom. The van der Waals surface area contributed by atoms with Crippen molar-refractivity contribution in [1.29, 1.82) is 0 Å². The maximum absolute atomic E-state index is 13.0. The Hall–Kier alpha value is -4.59. The van der Waals surface area contributed by atoms with Crippen molar-refractivity contribution in [3.05, 3.63) is 99.6 Å². The van der Waals surface area contributed by atoms with Gasteiger partial charge in [0.25, 0.3) is 11.6 Å². The summed E-state index contributed by atoms with van der Waals surface area (Å²) in [5.41, 5.74) is 4.68. The van der Waals surface area contributed by atoms with Gasteiger partial charge in [-0.2, -0.15) is 0 Å². The minimum atomic E-state index is -0.668. The lowest BCUT2D eigenvalue weighted by Crippen LogP contribution is -2.21. The molecule has 0 saturated heterocycles. The van der Waals surface area contributed by atoms with Crippen LogP contribution in [0.3, 0.4) is 0 Å². The maximum atomic E-state index is 13.0. The molecule has 170 valence electrons. The summed E-state index contributed by atoms with van der Waals surface area (Å²) in [5, 5.41) is 14.0. The van der Waals surface area contributed by atoms with E-state index in [1.165, 1.54) is 24.3 Å². The number of benzene rings is 3. The maximum Gasteiger partial charge on any atom is 0.339 e. The van der Waals surface area contributed by atoms with Crippen LogP contribution >= 0.6 is 0 Å². The number of esters is 1. The quantitative estimate of drug-likeness (QED) is 0.242. The first-order chi connectivity index (χ1) is 16.3. The number of nitro groups is 1. The molecule has 1 heterocycles. The van der Waals surface area contributed by atoms with Crippen LogP contribution in [0, 0.1) is 24.0 Å². The monoisotopic (exact) mass is 455 g/mol. The molecular formula is C26H21N3O5. The highest BCUT2D eigenvalue weighted by molar-refractivity contribution is 6.05. The van der Waals surface area contributed by atoms with Crippen LogP contribution in [0.25, 0.3) is 22.2 Å². The second-order valence-electron chi connectivity index (χ2n) is 7.82. The van der Waals surface area contributed by atoms with Crippen LogP contribution in [0.15, 0.2) is 72.8 Å². The third-order valence-corrected chi connectivity index (χ3v) is 5.27. The molecule has 4 aromatic rings. The summed E-state index contributed by atoms with van der Waals surface area (Å²) in [6.45, 7) is 3.44. The van der Waals surface area contributed by atoms with Gasteiger partial charge in [0.15, 0.2) is 6.61 Å². The second-order valence-corrected chi connectivity index (χ2v) is 7.82. The van der Waals surface area contributed by atoms with Gasteiger partial charge in [0, 0.05) is 28.8 Å². The average Bonchev–Trinajstić information content (AvgIpc) is 2.82. The lowest BCUT2D eigenvalue weighted by atomic mass is 9.99. The first-order valence-corrected chi connectivity index (χ1v) is 10.5. The van der Waals surface area contributed by atoms with E-state index in [1.807, 2.05) is 44.2 Å². The van der Waals surface area contributed by atoms with Crippen LogP contribution in [0.5, 0.6) is 0 Å². The van der Waals surface area contributed by atoms with Gasteiger partial charge in [0.1, 0.15) is 0 Å². The van der Waals surface area contributed by atoms with Crippen LogP contribution in [0.2, 0.25) is 0 Å². The number of hydrogen-bond donors (Lipinski definition) is 1. The number of nitrogens with one attached hydrogen (secondary N) is 1. The molecule has 0 unspecified atom stereocenters. The summed E-state index contributed by atoms with van der Waals surface area (Å²) in [6, 6.07) is 20.4. The fourth-order valence-electron chi connectivity index (χ4n) is 3.69. The Bertz CT molecular complexity index is 1430. The van der Waals surface area contributed by atoms with Crippen LogP contribution in [0.1, 0.15) is 21.5 Å². The number of fused-ring (bicyclic) bond motifs is 1. The number of anilines is 1. The predicted molar refractivity (Wildman–Crippen MR) is 129 cm³/mol. The summed E-state index contributed by atoms with van der Waals surface area (Å²) in [4.78, 5) is 40.3.